The highest BCUT2D eigenvalue weighted by molar-refractivity contribution is 5.97. The third kappa shape index (κ3) is 3.26. The van der Waals surface area contributed by atoms with Crippen molar-refractivity contribution in [3.63, 3.8) is 0 Å². The second-order valence-corrected chi connectivity index (χ2v) is 4.90. The number of carbonyl (C=O) groups is 1. The van der Waals surface area contributed by atoms with E-state index in [4.69, 9.17) is 4.74 Å². The molecule has 0 aliphatic carbocycles. The number of carbonyl (C=O) groups excluding carboxylic acids is 1. The number of hydrogen-bond donors (Lipinski definition) is 1. The van der Waals surface area contributed by atoms with E-state index in [2.05, 4.69) is 4.90 Å². The van der Waals surface area contributed by atoms with Crippen LogP contribution < -0.4 is 4.90 Å². The van der Waals surface area contributed by atoms with Gasteiger partial charge in [0.15, 0.2) is 5.78 Å². The number of phenolic OH excluding ortho intramolecular Hbond substituents is 1. The number of ether oxygens (including phenoxy) is 1. The van der Waals surface area contributed by atoms with Crippen LogP contribution in [0.15, 0.2) is 18.2 Å². The number of ketones is 1. The van der Waals surface area contributed by atoms with Crippen molar-refractivity contribution in [3.8, 4) is 5.75 Å². The average Bonchev–Trinajstić information content (AvgIpc) is 2.39. The number of phenols is 1. The van der Waals surface area contributed by atoms with Gasteiger partial charge in [-0.25, -0.2) is 0 Å². The Morgan fingerprint density at radius 1 is 1.42 bits per heavy atom. The maximum Gasteiger partial charge on any atom is 0.163 e. The Labute approximate surface area is 114 Å². The SMILES string of the molecule is CCOC1CCN(c2ccc(C(C)=O)c(O)c2)CC1. The van der Waals surface area contributed by atoms with E-state index in [1.54, 1.807) is 12.1 Å². The van der Waals surface area contributed by atoms with Gasteiger partial charge >= 0.3 is 0 Å². The Balaban J connectivity index is 2.04. The van der Waals surface area contributed by atoms with Crippen LogP contribution in [0, 0.1) is 0 Å². The van der Waals surface area contributed by atoms with Crippen LogP contribution in [-0.2, 0) is 4.74 Å². The molecule has 0 radical (unpaired) electrons. The monoisotopic (exact) mass is 263 g/mol. The summed E-state index contributed by atoms with van der Waals surface area (Å²) in [6, 6.07) is 5.27. The molecule has 0 saturated carbocycles. The molecule has 1 N–H and O–H groups in total. The minimum Gasteiger partial charge on any atom is -0.507 e. The summed E-state index contributed by atoms with van der Waals surface area (Å²) < 4.78 is 5.62. The van der Waals surface area contributed by atoms with Crippen molar-refractivity contribution >= 4 is 11.5 Å². The minimum atomic E-state index is -0.112. The second-order valence-electron chi connectivity index (χ2n) is 4.90. The number of nitrogens with zero attached hydrogens (tertiary/aromatic N) is 1. The van der Waals surface area contributed by atoms with E-state index >= 15 is 0 Å². The zero-order valence-corrected chi connectivity index (χ0v) is 11.6. The molecule has 0 atom stereocenters. The van der Waals surface area contributed by atoms with E-state index in [1.807, 2.05) is 13.0 Å². The van der Waals surface area contributed by atoms with Crippen molar-refractivity contribution in [3.05, 3.63) is 23.8 Å². The summed E-state index contributed by atoms with van der Waals surface area (Å²) >= 11 is 0. The number of rotatable bonds is 4. The lowest BCUT2D eigenvalue weighted by molar-refractivity contribution is 0.0459. The first kappa shape index (κ1) is 13.9. The van der Waals surface area contributed by atoms with E-state index in [0.29, 0.717) is 11.7 Å². The molecular formula is C15H21NO3. The zero-order chi connectivity index (χ0) is 13.8. The summed E-state index contributed by atoms with van der Waals surface area (Å²) in [5.41, 5.74) is 1.35. The summed E-state index contributed by atoms with van der Waals surface area (Å²) in [6.45, 7) is 6.08. The van der Waals surface area contributed by atoms with Crippen LogP contribution >= 0.6 is 0 Å². The maximum absolute atomic E-state index is 11.3. The van der Waals surface area contributed by atoms with Gasteiger partial charge in [-0.2, -0.15) is 0 Å². The van der Waals surface area contributed by atoms with Crippen LogP contribution in [-0.4, -0.2) is 36.7 Å². The average molecular weight is 263 g/mol. The molecule has 0 amide bonds. The van der Waals surface area contributed by atoms with Crippen molar-refractivity contribution in [2.75, 3.05) is 24.6 Å². The van der Waals surface area contributed by atoms with Crippen molar-refractivity contribution in [1.82, 2.24) is 0 Å². The van der Waals surface area contributed by atoms with Gasteiger partial charge in [0.25, 0.3) is 0 Å². The Morgan fingerprint density at radius 2 is 2.11 bits per heavy atom. The van der Waals surface area contributed by atoms with Gasteiger partial charge in [-0.05, 0) is 38.8 Å². The van der Waals surface area contributed by atoms with Crippen LogP contribution in [0.3, 0.4) is 0 Å². The predicted octanol–water partition coefficient (Wildman–Crippen LogP) is 2.60. The molecule has 4 heteroatoms. The summed E-state index contributed by atoms with van der Waals surface area (Å²) in [4.78, 5) is 13.5. The van der Waals surface area contributed by atoms with E-state index < -0.39 is 0 Å². The summed E-state index contributed by atoms with van der Waals surface area (Å²) in [6.07, 6.45) is 2.36. The van der Waals surface area contributed by atoms with E-state index in [-0.39, 0.29) is 11.5 Å². The molecule has 0 bridgehead atoms. The normalized spacial score (nSPS) is 16.6. The standard InChI is InChI=1S/C15H21NO3/c1-3-19-13-6-8-16(9-7-13)12-4-5-14(11(2)17)15(18)10-12/h4-5,10,13,18H,3,6-9H2,1-2H3. The topological polar surface area (TPSA) is 49.8 Å². The molecule has 19 heavy (non-hydrogen) atoms. The molecule has 1 aliphatic rings. The van der Waals surface area contributed by atoms with Crippen LogP contribution in [0.4, 0.5) is 5.69 Å². The number of aromatic hydroxyl groups is 1. The first-order valence-corrected chi connectivity index (χ1v) is 6.82. The number of hydrogen-bond acceptors (Lipinski definition) is 4. The van der Waals surface area contributed by atoms with Crippen molar-refractivity contribution < 1.29 is 14.6 Å². The van der Waals surface area contributed by atoms with Gasteiger partial charge in [0, 0.05) is 31.5 Å². The number of anilines is 1. The summed E-state index contributed by atoms with van der Waals surface area (Å²) in [7, 11) is 0. The van der Waals surface area contributed by atoms with Gasteiger partial charge in [-0.1, -0.05) is 0 Å². The Kier molecular flexibility index (Phi) is 4.43. The number of benzene rings is 1. The van der Waals surface area contributed by atoms with Gasteiger partial charge in [-0.3, -0.25) is 4.79 Å². The fourth-order valence-electron chi connectivity index (χ4n) is 2.53. The number of Topliss-reactive ketones (excluding diaryl/α,β-unsaturated/α-hetero) is 1. The lowest BCUT2D eigenvalue weighted by Gasteiger charge is -2.33. The second kappa shape index (κ2) is 6.06. The fourth-order valence-corrected chi connectivity index (χ4v) is 2.53. The van der Waals surface area contributed by atoms with Gasteiger partial charge < -0.3 is 14.7 Å². The van der Waals surface area contributed by atoms with E-state index in [9.17, 15) is 9.90 Å². The van der Waals surface area contributed by atoms with Crippen LogP contribution in [0.2, 0.25) is 0 Å². The molecule has 104 valence electrons. The van der Waals surface area contributed by atoms with E-state index in [1.165, 1.54) is 6.92 Å². The highest BCUT2D eigenvalue weighted by Gasteiger charge is 2.20. The van der Waals surface area contributed by atoms with Gasteiger partial charge in [0.1, 0.15) is 5.75 Å². The molecule has 4 nitrogen and oxygen atoms in total. The largest absolute Gasteiger partial charge is 0.507 e. The lowest BCUT2D eigenvalue weighted by atomic mass is 10.1. The van der Waals surface area contributed by atoms with Crippen molar-refractivity contribution in [2.24, 2.45) is 0 Å². The first-order valence-electron chi connectivity index (χ1n) is 6.82. The third-order valence-electron chi connectivity index (χ3n) is 3.57. The minimum absolute atomic E-state index is 0.0666. The van der Waals surface area contributed by atoms with Crippen molar-refractivity contribution in [2.45, 2.75) is 32.8 Å². The van der Waals surface area contributed by atoms with E-state index in [0.717, 1.165) is 38.2 Å². The molecule has 2 rings (SSSR count). The summed E-state index contributed by atoms with van der Waals surface area (Å²) in [5.74, 6) is -0.0453. The Morgan fingerprint density at radius 3 is 2.63 bits per heavy atom. The molecular weight excluding hydrogens is 242 g/mol. The molecule has 0 spiro atoms. The molecule has 0 unspecified atom stereocenters. The van der Waals surface area contributed by atoms with Gasteiger partial charge in [-0.15, -0.1) is 0 Å². The molecule has 1 heterocycles. The number of piperidine rings is 1. The maximum atomic E-state index is 11.3. The lowest BCUT2D eigenvalue weighted by Crippen LogP contribution is -2.37. The van der Waals surface area contributed by atoms with Gasteiger partial charge in [0.2, 0.25) is 0 Å². The quantitative estimate of drug-likeness (QED) is 0.848. The Bertz CT molecular complexity index is 451. The highest BCUT2D eigenvalue weighted by atomic mass is 16.5. The Hall–Kier alpha value is -1.55. The molecule has 1 aromatic carbocycles. The van der Waals surface area contributed by atoms with Crippen molar-refractivity contribution in [1.29, 1.82) is 0 Å². The first-order chi connectivity index (χ1) is 9.11. The van der Waals surface area contributed by atoms with Crippen LogP contribution in [0.5, 0.6) is 5.75 Å². The molecule has 1 saturated heterocycles. The third-order valence-corrected chi connectivity index (χ3v) is 3.57. The predicted molar refractivity (Wildman–Crippen MR) is 75.0 cm³/mol. The van der Waals surface area contributed by atoms with Crippen LogP contribution in [0.25, 0.3) is 0 Å². The highest BCUT2D eigenvalue weighted by Crippen LogP contribution is 2.27. The molecule has 1 aliphatic heterocycles. The smallest absolute Gasteiger partial charge is 0.163 e. The van der Waals surface area contributed by atoms with Crippen LogP contribution in [0.1, 0.15) is 37.0 Å². The summed E-state index contributed by atoms with van der Waals surface area (Å²) in [5, 5.41) is 9.86. The molecule has 1 aromatic rings. The molecule has 1 fully saturated rings. The van der Waals surface area contributed by atoms with Gasteiger partial charge in [0.05, 0.1) is 11.7 Å². The fraction of sp³-hybridized carbons (Fsp3) is 0.533. The zero-order valence-electron chi connectivity index (χ0n) is 11.6. The molecule has 0 aromatic heterocycles.